The Morgan fingerprint density at radius 2 is 1.62 bits per heavy atom. The summed E-state index contributed by atoms with van der Waals surface area (Å²) in [6.07, 6.45) is 0. The number of hydrogen-bond donors (Lipinski definition) is 1. The summed E-state index contributed by atoms with van der Waals surface area (Å²) in [5, 5.41) is 8.92. The van der Waals surface area contributed by atoms with Crippen LogP contribution in [0.25, 0.3) is 11.1 Å². The highest BCUT2D eigenvalue weighted by atomic mass is 16.6. The van der Waals surface area contributed by atoms with Gasteiger partial charge in [-0.1, -0.05) is 56.3 Å². The van der Waals surface area contributed by atoms with Gasteiger partial charge in [0, 0.05) is 0 Å². The van der Waals surface area contributed by atoms with Gasteiger partial charge in [0.1, 0.15) is 30.3 Å². The van der Waals surface area contributed by atoms with Crippen LogP contribution in [0.15, 0.2) is 72.8 Å². The average molecular weight is 463 g/mol. The van der Waals surface area contributed by atoms with E-state index >= 15 is 0 Å². The van der Waals surface area contributed by atoms with E-state index in [-0.39, 0.29) is 6.61 Å². The van der Waals surface area contributed by atoms with E-state index in [0.29, 0.717) is 32.3 Å². The second kappa shape index (κ2) is 10.7. The molecule has 0 unspecified atom stereocenters. The molecule has 1 aliphatic heterocycles. The van der Waals surface area contributed by atoms with Crippen LogP contribution in [-0.2, 0) is 26.5 Å². The van der Waals surface area contributed by atoms with Gasteiger partial charge in [-0.25, -0.2) is 4.79 Å². The second-order valence-electron chi connectivity index (χ2n) is 8.91. The fraction of sp³-hybridized carbons (Fsp3) is 0.321. The van der Waals surface area contributed by atoms with Crippen LogP contribution < -0.4 is 9.47 Å². The lowest BCUT2D eigenvalue weighted by atomic mass is 9.91. The molecule has 6 nitrogen and oxygen atoms in total. The van der Waals surface area contributed by atoms with Gasteiger partial charge in [0.15, 0.2) is 0 Å². The molecule has 3 aromatic carbocycles. The zero-order valence-corrected chi connectivity index (χ0v) is 19.5. The minimum absolute atomic E-state index is 0.345. The fourth-order valence-electron chi connectivity index (χ4n) is 3.69. The van der Waals surface area contributed by atoms with Crippen LogP contribution in [0, 0.1) is 5.92 Å². The van der Waals surface area contributed by atoms with Crippen LogP contribution in [0.2, 0.25) is 0 Å². The van der Waals surface area contributed by atoms with E-state index in [0.717, 1.165) is 33.8 Å². The minimum Gasteiger partial charge on any atom is -0.493 e. The number of carbonyl (C=O) groups is 1. The molecule has 0 aromatic heterocycles. The summed E-state index contributed by atoms with van der Waals surface area (Å²) < 4.78 is 22.6. The monoisotopic (exact) mass is 462 g/mol. The van der Waals surface area contributed by atoms with Gasteiger partial charge in [-0.15, -0.1) is 0 Å². The second-order valence-corrected chi connectivity index (χ2v) is 8.91. The molecule has 34 heavy (non-hydrogen) atoms. The molecule has 6 heteroatoms. The zero-order valence-electron chi connectivity index (χ0n) is 19.5. The van der Waals surface area contributed by atoms with Crippen LogP contribution in [0.1, 0.15) is 25.0 Å². The Morgan fingerprint density at radius 3 is 2.24 bits per heavy atom. The van der Waals surface area contributed by atoms with Gasteiger partial charge < -0.3 is 24.1 Å². The van der Waals surface area contributed by atoms with Crippen molar-refractivity contribution in [3.63, 3.8) is 0 Å². The molecule has 0 bridgehead atoms. The van der Waals surface area contributed by atoms with E-state index in [1.807, 2.05) is 48.5 Å². The molecular formula is C28H30O6. The number of carboxylic acid groups (broad SMARTS) is 1. The summed E-state index contributed by atoms with van der Waals surface area (Å²) in [6.45, 7) is 5.74. The molecule has 3 aromatic rings. The first-order chi connectivity index (χ1) is 16.4. The Morgan fingerprint density at radius 1 is 0.941 bits per heavy atom. The Balaban J connectivity index is 1.36. The molecule has 0 amide bonds. The Bertz CT molecular complexity index is 1080. The SMILES string of the molecule is CC(C)COc1ccc(-c2cccc(COc3ccc(C4(OCC(=O)O)COC4)cc3)c2)cc1. The van der Waals surface area contributed by atoms with Crippen molar-refractivity contribution < 1.29 is 28.8 Å². The van der Waals surface area contributed by atoms with Gasteiger partial charge in [-0.3, -0.25) is 0 Å². The molecule has 1 fully saturated rings. The van der Waals surface area contributed by atoms with Crippen LogP contribution in [0.3, 0.4) is 0 Å². The molecule has 0 spiro atoms. The van der Waals surface area contributed by atoms with Gasteiger partial charge >= 0.3 is 5.97 Å². The predicted molar refractivity (Wildman–Crippen MR) is 129 cm³/mol. The van der Waals surface area contributed by atoms with Crippen LogP contribution in [-0.4, -0.2) is 37.5 Å². The van der Waals surface area contributed by atoms with E-state index in [2.05, 4.69) is 38.1 Å². The van der Waals surface area contributed by atoms with Crippen molar-refractivity contribution in [2.24, 2.45) is 5.92 Å². The summed E-state index contributed by atoms with van der Waals surface area (Å²) in [5.74, 6) is 1.11. The first-order valence-corrected chi connectivity index (χ1v) is 11.4. The third-order valence-corrected chi connectivity index (χ3v) is 5.63. The van der Waals surface area contributed by atoms with E-state index in [4.69, 9.17) is 24.1 Å². The summed E-state index contributed by atoms with van der Waals surface area (Å²) in [4.78, 5) is 10.9. The van der Waals surface area contributed by atoms with Gasteiger partial charge in [0.05, 0.1) is 19.8 Å². The van der Waals surface area contributed by atoms with Crippen LogP contribution in [0.5, 0.6) is 11.5 Å². The average Bonchev–Trinajstić information content (AvgIpc) is 2.82. The van der Waals surface area contributed by atoms with Gasteiger partial charge in [-0.2, -0.15) is 0 Å². The maximum Gasteiger partial charge on any atom is 0.329 e. The van der Waals surface area contributed by atoms with Crippen molar-refractivity contribution in [1.29, 1.82) is 0 Å². The molecule has 1 saturated heterocycles. The molecule has 0 saturated carbocycles. The van der Waals surface area contributed by atoms with E-state index in [1.165, 1.54) is 0 Å². The minimum atomic E-state index is -0.996. The maximum absolute atomic E-state index is 10.9. The van der Waals surface area contributed by atoms with E-state index < -0.39 is 11.6 Å². The molecule has 0 atom stereocenters. The molecule has 0 radical (unpaired) electrons. The molecule has 4 rings (SSSR count). The molecule has 178 valence electrons. The lowest BCUT2D eigenvalue weighted by molar-refractivity contribution is -0.220. The van der Waals surface area contributed by atoms with Gasteiger partial charge in [0.25, 0.3) is 0 Å². The first-order valence-electron chi connectivity index (χ1n) is 11.4. The van der Waals surface area contributed by atoms with Crippen LogP contribution in [0.4, 0.5) is 0 Å². The van der Waals surface area contributed by atoms with E-state index in [1.54, 1.807) is 0 Å². The lowest BCUT2D eigenvalue weighted by Crippen LogP contribution is -2.49. The molecule has 1 N–H and O–H groups in total. The number of benzene rings is 3. The maximum atomic E-state index is 10.9. The number of ether oxygens (including phenoxy) is 4. The number of aliphatic carboxylic acids is 1. The summed E-state index contributed by atoms with van der Waals surface area (Å²) in [5.41, 5.74) is 3.50. The topological polar surface area (TPSA) is 74.2 Å². The van der Waals surface area contributed by atoms with Crippen LogP contribution >= 0.6 is 0 Å². The highest BCUT2D eigenvalue weighted by molar-refractivity contribution is 5.68. The van der Waals surface area contributed by atoms with Gasteiger partial charge in [0.2, 0.25) is 0 Å². The first kappa shape index (κ1) is 23.8. The third-order valence-electron chi connectivity index (χ3n) is 5.63. The summed E-state index contributed by atoms with van der Waals surface area (Å²) >= 11 is 0. The predicted octanol–water partition coefficient (Wildman–Crippen LogP) is 5.29. The number of rotatable bonds is 11. The highest BCUT2D eigenvalue weighted by Crippen LogP contribution is 2.34. The summed E-state index contributed by atoms with van der Waals surface area (Å²) in [6, 6.07) is 24.0. The number of hydrogen-bond acceptors (Lipinski definition) is 5. The molecule has 0 aliphatic carbocycles. The van der Waals surface area contributed by atoms with Crippen molar-refractivity contribution in [1.82, 2.24) is 0 Å². The standard InChI is InChI=1S/C28H30O6/c1-20(2)15-32-25-10-6-22(7-11-25)23-5-3-4-21(14-23)16-33-26-12-8-24(9-13-26)28(18-31-19-28)34-17-27(29)30/h3-14,20H,15-19H2,1-2H3,(H,29,30). The Hall–Kier alpha value is -3.35. The van der Waals surface area contributed by atoms with E-state index in [9.17, 15) is 4.79 Å². The molecule has 1 heterocycles. The van der Waals surface area contributed by atoms with Gasteiger partial charge in [-0.05, 0) is 58.5 Å². The molecule has 1 aliphatic rings. The van der Waals surface area contributed by atoms with Crippen molar-refractivity contribution in [3.05, 3.63) is 83.9 Å². The van der Waals surface area contributed by atoms with Crippen molar-refractivity contribution in [2.75, 3.05) is 26.4 Å². The smallest absolute Gasteiger partial charge is 0.329 e. The normalized spacial score (nSPS) is 14.4. The highest BCUT2D eigenvalue weighted by Gasteiger charge is 2.42. The molecular weight excluding hydrogens is 432 g/mol. The largest absolute Gasteiger partial charge is 0.493 e. The Labute approximate surface area is 200 Å². The Kier molecular flexibility index (Phi) is 7.50. The quantitative estimate of drug-likeness (QED) is 0.417. The van der Waals surface area contributed by atoms with Crippen molar-refractivity contribution in [3.8, 4) is 22.6 Å². The third kappa shape index (κ3) is 5.95. The summed E-state index contributed by atoms with van der Waals surface area (Å²) in [7, 11) is 0. The lowest BCUT2D eigenvalue weighted by Gasteiger charge is -2.41. The number of carboxylic acids is 1. The van der Waals surface area contributed by atoms with Crippen molar-refractivity contribution >= 4 is 5.97 Å². The van der Waals surface area contributed by atoms with Crippen molar-refractivity contribution in [2.45, 2.75) is 26.1 Å². The zero-order chi connectivity index (χ0) is 24.0. The fourth-order valence-corrected chi connectivity index (χ4v) is 3.69.